The van der Waals surface area contributed by atoms with Crippen molar-refractivity contribution >= 4 is 33.5 Å². The van der Waals surface area contributed by atoms with Crippen molar-refractivity contribution in [3.63, 3.8) is 0 Å². The molecule has 0 atom stereocenters. The molecule has 0 aliphatic heterocycles. The third-order valence-corrected chi connectivity index (χ3v) is 2.60. The van der Waals surface area contributed by atoms with E-state index in [9.17, 15) is 4.39 Å². The number of methoxy groups -OCH3 is 1. The molecule has 1 aromatic carbocycles. The van der Waals surface area contributed by atoms with Gasteiger partial charge in [-0.15, -0.1) is 0 Å². The van der Waals surface area contributed by atoms with E-state index in [4.69, 9.17) is 10.5 Å². The van der Waals surface area contributed by atoms with E-state index in [1.807, 2.05) is 0 Å². The van der Waals surface area contributed by atoms with E-state index in [1.54, 1.807) is 12.1 Å². The zero-order valence-electron chi connectivity index (χ0n) is 9.32. The zero-order valence-corrected chi connectivity index (χ0v) is 10.9. The molecule has 0 saturated heterocycles. The molecule has 0 amide bonds. The Hall–Kier alpha value is -1.96. The van der Waals surface area contributed by atoms with Crippen molar-refractivity contribution in [2.45, 2.75) is 0 Å². The van der Waals surface area contributed by atoms with E-state index in [-0.39, 0.29) is 23.7 Å². The zero-order chi connectivity index (χ0) is 13.1. The van der Waals surface area contributed by atoms with Gasteiger partial charge in [0.2, 0.25) is 11.9 Å². The Morgan fingerprint density at radius 2 is 2.11 bits per heavy atom. The van der Waals surface area contributed by atoms with E-state index in [0.717, 1.165) is 0 Å². The fourth-order valence-electron chi connectivity index (χ4n) is 1.22. The maximum absolute atomic E-state index is 13.1. The number of anilines is 3. The summed E-state index contributed by atoms with van der Waals surface area (Å²) < 4.78 is 18.3. The molecule has 0 aliphatic carbocycles. The topological polar surface area (TPSA) is 86.0 Å². The first-order valence-electron chi connectivity index (χ1n) is 4.86. The first-order valence-corrected chi connectivity index (χ1v) is 5.65. The normalized spacial score (nSPS) is 10.2. The summed E-state index contributed by atoms with van der Waals surface area (Å²) in [5.74, 6) is -0.100. The van der Waals surface area contributed by atoms with Crippen molar-refractivity contribution in [1.29, 1.82) is 0 Å². The lowest BCUT2D eigenvalue weighted by Gasteiger charge is -2.07. The second kappa shape index (κ2) is 5.13. The fourth-order valence-corrected chi connectivity index (χ4v) is 1.60. The number of nitrogen functional groups attached to an aromatic ring is 1. The fraction of sp³-hybridized carbons (Fsp3) is 0.100. The van der Waals surface area contributed by atoms with Crippen molar-refractivity contribution in [1.82, 2.24) is 15.0 Å². The monoisotopic (exact) mass is 313 g/mol. The van der Waals surface area contributed by atoms with Crippen LogP contribution in [0.5, 0.6) is 6.01 Å². The average Bonchev–Trinajstić information content (AvgIpc) is 2.33. The quantitative estimate of drug-likeness (QED) is 0.902. The van der Waals surface area contributed by atoms with E-state index in [0.29, 0.717) is 10.2 Å². The molecular weight excluding hydrogens is 305 g/mol. The highest BCUT2D eigenvalue weighted by molar-refractivity contribution is 9.10. The Balaban J connectivity index is 2.27. The minimum absolute atomic E-state index is 0.0329. The number of rotatable bonds is 3. The van der Waals surface area contributed by atoms with Gasteiger partial charge >= 0.3 is 6.01 Å². The predicted octanol–water partition coefficient (Wildman–Crippen LogP) is 2.11. The third-order valence-electron chi connectivity index (χ3n) is 1.99. The Bertz CT molecular complexity index is 580. The van der Waals surface area contributed by atoms with Crippen molar-refractivity contribution in [3.8, 4) is 6.01 Å². The predicted molar refractivity (Wildman–Crippen MR) is 68.2 cm³/mol. The van der Waals surface area contributed by atoms with Gasteiger partial charge in [-0.05, 0) is 34.1 Å². The van der Waals surface area contributed by atoms with Crippen LogP contribution in [0, 0.1) is 5.82 Å². The molecule has 8 heteroatoms. The van der Waals surface area contributed by atoms with Gasteiger partial charge in [-0.25, -0.2) is 4.39 Å². The molecule has 18 heavy (non-hydrogen) atoms. The molecule has 94 valence electrons. The van der Waals surface area contributed by atoms with Gasteiger partial charge in [0.25, 0.3) is 0 Å². The van der Waals surface area contributed by atoms with Gasteiger partial charge < -0.3 is 15.8 Å². The molecule has 0 bridgehead atoms. The molecule has 6 nitrogen and oxygen atoms in total. The van der Waals surface area contributed by atoms with E-state index < -0.39 is 0 Å². The Morgan fingerprint density at radius 1 is 1.33 bits per heavy atom. The van der Waals surface area contributed by atoms with Gasteiger partial charge in [-0.1, -0.05) is 0 Å². The maximum Gasteiger partial charge on any atom is 0.322 e. The van der Waals surface area contributed by atoms with Gasteiger partial charge in [0, 0.05) is 5.69 Å². The molecule has 0 aliphatic rings. The van der Waals surface area contributed by atoms with Gasteiger partial charge in [-0.2, -0.15) is 15.0 Å². The highest BCUT2D eigenvalue weighted by Crippen LogP contribution is 2.22. The van der Waals surface area contributed by atoms with Crippen molar-refractivity contribution in [2.75, 3.05) is 18.2 Å². The van der Waals surface area contributed by atoms with Crippen LogP contribution in [-0.4, -0.2) is 22.1 Å². The first kappa shape index (κ1) is 12.5. The number of nitrogens with two attached hydrogens (primary N) is 1. The largest absolute Gasteiger partial charge is 0.467 e. The Labute approximate surface area is 111 Å². The van der Waals surface area contributed by atoms with Crippen molar-refractivity contribution in [2.24, 2.45) is 0 Å². The molecule has 2 rings (SSSR count). The molecular formula is C10H9BrFN5O. The van der Waals surface area contributed by atoms with Crippen LogP contribution in [0.3, 0.4) is 0 Å². The SMILES string of the molecule is COc1nc(N)nc(Nc2ccc(F)c(Br)c2)n1. The summed E-state index contributed by atoms with van der Waals surface area (Å²) in [6.07, 6.45) is 0. The second-order valence-corrected chi connectivity index (χ2v) is 4.11. The summed E-state index contributed by atoms with van der Waals surface area (Å²) in [5.41, 5.74) is 6.10. The lowest BCUT2D eigenvalue weighted by molar-refractivity contribution is 0.380. The summed E-state index contributed by atoms with van der Waals surface area (Å²) in [7, 11) is 1.42. The lowest BCUT2D eigenvalue weighted by Crippen LogP contribution is -2.05. The molecule has 0 fully saturated rings. The van der Waals surface area contributed by atoms with Gasteiger partial charge in [0.05, 0.1) is 11.6 Å². The highest BCUT2D eigenvalue weighted by Gasteiger charge is 2.06. The molecule has 0 spiro atoms. The molecule has 1 heterocycles. The molecule has 0 radical (unpaired) electrons. The summed E-state index contributed by atoms with van der Waals surface area (Å²) in [6, 6.07) is 4.52. The van der Waals surface area contributed by atoms with Gasteiger partial charge in [0.1, 0.15) is 5.82 Å². The van der Waals surface area contributed by atoms with Crippen molar-refractivity contribution < 1.29 is 9.13 Å². The molecule has 0 unspecified atom stereocenters. The second-order valence-electron chi connectivity index (χ2n) is 3.26. The average molecular weight is 314 g/mol. The number of nitrogens with one attached hydrogen (secondary N) is 1. The van der Waals surface area contributed by atoms with E-state index >= 15 is 0 Å². The number of hydrogen-bond donors (Lipinski definition) is 2. The maximum atomic E-state index is 13.1. The minimum Gasteiger partial charge on any atom is -0.467 e. The Morgan fingerprint density at radius 3 is 2.78 bits per heavy atom. The summed E-state index contributed by atoms with van der Waals surface area (Å²) in [5, 5.41) is 2.87. The Kier molecular flexibility index (Phi) is 3.56. The van der Waals surface area contributed by atoms with Crippen LogP contribution in [-0.2, 0) is 0 Å². The van der Waals surface area contributed by atoms with Crippen LogP contribution in [0.25, 0.3) is 0 Å². The van der Waals surface area contributed by atoms with Crippen LogP contribution in [0.1, 0.15) is 0 Å². The van der Waals surface area contributed by atoms with Crippen LogP contribution in [0.4, 0.5) is 22.0 Å². The molecule has 0 saturated carbocycles. The summed E-state index contributed by atoms with van der Waals surface area (Å²) in [6.45, 7) is 0. The standard InChI is InChI=1S/C10H9BrFN5O/c1-18-10-16-8(13)15-9(17-10)14-5-2-3-7(12)6(11)4-5/h2-4H,1H3,(H3,13,14,15,16,17). The molecule has 3 N–H and O–H groups in total. The van der Waals surface area contributed by atoms with Crippen LogP contribution >= 0.6 is 15.9 Å². The third kappa shape index (κ3) is 2.83. The number of ether oxygens (including phenoxy) is 1. The number of aromatic nitrogens is 3. The summed E-state index contributed by atoms with van der Waals surface area (Å²) >= 11 is 3.08. The van der Waals surface area contributed by atoms with Gasteiger partial charge in [-0.3, -0.25) is 0 Å². The van der Waals surface area contributed by atoms with Crippen LogP contribution < -0.4 is 15.8 Å². The smallest absolute Gasteiger partial charge is 0.322 e. The molecule has 1 aromatic heterocycles. The van der Waals surface area contributed by atoms with Gasteiger partial charge in [0.15, 0.2) is 0 Å². The van der Waals surface area contributed by atoms with E-state index in [2.05, 4.69) is 36.2 Å². The molecule has 2 aromatic rings. The number of benzene rings is 1. The van der Waals surface area contributed by atoms with Crippen molar-refractivity contribution in [3.05, 3.63) is 28.5 Å². The van der Waals surface area contributed by atoms with E-state index in [1.165, 1.54) is 13.2 Å². The highest BCUT2D eigenvalue weighted by atomic mass is 79.9. The number of nitrogens with zero attached hydrogens (tertiary/aromatic N) is 3. The van der Waals surface area contributed by atoms with Crippen LogP contribution in [0.2, 0.25) is 0 Å². The lowest BCUT2D eigenvalue weighted by atomic mass is 10.3. The minimum atomic E-state index is -0.353. The number of hydrogen-bond acceptors (Lipinski definition) is 6. The first-order chi connectivity index (χ1) is 8.58. The van der Waals surface area contributed by atoms with Crippen LogP contribution in [0.15, 0.2) is 22.7 Å². The number of halogens is 2. The summed E-state index contributed by atoms with van der Waals surface area (Å²) in [4.78, 5) is 11.6.